The number of imidazole rings is 1. The molecule has 1 aliphatic heterocycles. The van der Waals surface area contributed by atoms with Gasteiger partial charge in [0.05, 0.1) is 12.5 Å². The van der Waals surface area contributed by atoms with Crippen LogP contribution >= 0.6 is 23.2 Å². The fourth-order valence-electron chi connectivity index (χ4n) is 2.74. The summed E-state index contributed by atoms with van der Waals surface area (Å²) in [6.45, 7) is 0. The predicted molar refractivity (Wildman–Crippen MR) is 94.4 cm³/mol. The molecule has 0 amide bonds. The Labute approximate surface area is 166 Å². The second-order valence-electron chi connectivity index (χ2n) is 6.07. The minimum Gasteiger partial charge on any atom is -0.387 e. The van der Waals surface area contributed by atoms with Gasteiger partial charge in [0.15, 0.2) is 17.7 Å². The van der Waals surface area contributed by atoms with Crippen molar-refractivity contribution in [2.24, 2.45) is 0 Å². The number of phosphoric acid groups is 2. The molecular formula is C10H16N5O12P3. The molecule has 0 bridgehead atoms. The number of aliphatic hydroxyl groups excluding tert-OH is 2. The van der Waals surface area contributed by atoms with Crippen LogP contribution in [0.3, 0.4) is 0 Å². The van der Waals surface area contributed by atoms with Crippen molar-refractivity contribution in [2.75, 3.05) is 11.9 Å². The number of ether oxygens (including phenoxy) is 1. The van der Waals surface area contributed by atoms with Crippen molar-refractivity contribution in [1.82, 2.24) is 19.5 Å². The number of nitrogens with two attached hydrogens (primary N) is 1. The second-order valence-corrected chi connectivity index (χ2v) is 10.9. The van der Waals surface area contributed by atoms with Crippen LogP contribution in [0, 0.1) is 0 Å². The van der Waals surface area contributed by atoms with Crippen LogP contribution in [0.5, 0.6) is 0 Å². The Balaban J connectivity index is 1.78. The van der Waals surface area contributed by atoms with Gasteiger partial charge in [0.2, 0.25) is 0 Å². The van der Waals surface area contributed by atoms with E-state index in [1.54, 1.807) is 0 Å². The van der Waals surface area contributed by atoms with Gasteiger partial charge in [-0.2, -0.15) is 4.31 Å². The Hall–Kier alpha value is -1.32. The van der Waals surface area contributed by atoms with Gasteiger partial charge >= 0.3 is 23.2 Å². The molecule has 6 atom stereocenters. The summed E-state index contributed by atoms with van der Waals surface area (Å²) >= 11 is 0. The van der Waals surface area contributed by atoms with E-state index in [0.717, 1.165) is 6.33 Å². The van der Waals surface area contributed by atoms with E-state index < -0.39 is 53.9 Å². The highest BCUT2D eigenvalue weighted by Gasteiger charge is 2.49. The fraction of sp³-hybridized carbons (Fsp3) is 0.500. The summed E-state index contributed by atoms with van der Waals surface area (Å²) in [5, 5.41) is 20.4. The molecular weight excluding hydrogens is 475 g/mol. The van der Waals surface area contributed by atoms with Crippen molar-refractivity contribution in [3.8, 4) is 0 Å². The van der Waals surface area contributed by atoms with Crippen LogP contribution in [0.4, 0.5) is 5.82 Å². The summed E-state index contributed by atoms with van der Waals surface area (Å²) < 4.78 is 48.2. The van der Waals surface area contributed by atoms with Crippen molar-refractivity contribution >= 4 is 40.2 Å². The zero-order valence-electron chi connectivity index (χ0n) is 14.5. The van der Waals surface area contributed by atoms with Crippen molar-refractivity contribution in [3.05, 3.63) is 12.7 Å². The minimum absolute atomic E-state index is 0.0281. The SMILES string of the molecule is Nc1ncnc2c1ncn2[C@@H]1O[C@H](CP(=O)(O)OP(=O)(O)OP(=O)(O)O)[C@@H](O)[C@H]1O. The predicted octanol–water partition coefficient (Wildman–Crippen LogP) is -1.56. The smallest absolute Gasteiger partial charge is 0.387 e. The van der Waals surface area contributed by atoms with Crippen molar-refractivity contribution in [1.29, 1.82) is 0 Å². The molecule has 0 saturated carbocycles. The molecule has 0 aromatic carbocycles. The lowest BCUT2D eigenvalue weighted by Gasteiger charge is -2.20. The van der Waals surface area contributed by atoms with Crippen LogP contribution in [0.25, 0.3) is 11.2 Å². The largest absolute Gasteiger partial charge is 0.488 e. The number of nitrogen functional groups attached to an aromatic ring is 1. The summed E-state index contributed by atoms with van der Waals surface area (Å²) in [6.07, 6.45) is -5.23. The number of aliphatic hydroxyl groups is 2. The number of aromatic nitrogens is 4. The van der Waals surface area contributed by atoms with Crippen LogP contribution in [0.1, 0.15) is 6.23 Å². The highest BCUT2D eigenvalue weighted by molar-refractivity contribution is 7.68. The maximum atomic E-state index is 12.1. The molecule has 0 radical (unpaired) electrons. The zero-order valence-corrected chi connectivity index (χ0v) is 17.2. The van der Waals surface area contributed by atoms with Gasteiger partial charge in [0, 0.05) is 0 Å². The fourth-order valence-corrected chi connectivity index (χ4v) is 6.51. The molecule has 3 heterocycles. The summed E-state index contributed by atoms with van der Waals surface area (Å²) in [5.41, 5.74) is 5.95. The minimum atomic E-state index is -5.65. The lowest BCUT2D eigenvalue weighted by molar-refractivity contribution is -0.0299. The van der Waals surface area contributed by atoms with E-state index in [9.17, 15) is 33.7 Å². The molecule has 3 rings (SSSR count). The van der Waals surface area contributed by atoms with Crippen LogP contribution in [0.15, 0.2) is 12.7 Å². The topological polar surface area (TPSA) is 270 Å². The Morgan fingerprint density at radius 2 is 1.73 bits per heavy atom. The van der Waals surface area contributed by atoms with Crippen LogP contribution < -0.4 is 5.73 Å². The third-order valence-corrected chi connectivity index (χ3v) is 8.19. The first-order valence-electron chi connectivity index (χ1n) is 7.76. The summed E-state index contributed by atoms with van der Waals surface area (Å²) in [5.74, 6) is 0.0281. The zero-order chi connectivity index (χ0) is 22.5. The molecule has 2 unspecified atom stereocenters. The number of rotatable bonds is 7. The number of nitrogens with zero attached hydrogens (tertiary/aromatic N) is 4. The van der Waals surface area contributed by atoms with Crippen LogP contribution in [-0.2, 0) is 27.1 Å². The first-order chi connectivity index (χ1) is 13.7. The molecule has 8 N–H and O–H groups in total. The summed E-state index contributed by atoms with van der Waals surface area (Å²) in [6, 6.07) is 0. The highest BCUT2D eigenvalue weighted by atomic mass is 31.3. The second kappa shape index (κ2) is 7.98. The molecule has 0 spiro atoms. The van der Waals surface area contributed by atoms with Crippen molar-refractivity contribution < 1.29 is 56.8 Å². The monoisotopic (exact) mass is 491 g/mol. The molecule has 30 heavy (non-hydrogen) atoms. The van der Waals surface area contributed by atoms with E-state index in [4.69, 9.17) is 20.3 Å². The van der Waals surface area contributed by atoms with Gasteiger partial charge in [-0.15, -0.1) is 0 Å². The standard InChI is InChI=1S/C10H16N5O12P3/c11-8-5-9(13-2-12-8)15(3-14-5)10-7(17)6(16)4(25-10)1-28(18,19)26-30(23,24)27-29(20,21)22/h2-4,6-7,10,16-17H,1H2,(H,18,19)(H,23,24)(H2,11,12,13)(H2,20,21,22)/t4-,6-,7-,10-/m1/s1. The van der Waals surface area contributed by atoms with E-state index in [0.29, 0.717) is 0 Å². The first-order valence-corrected chi connectivity index (χ1v) is 12.6. The maximum Gasteiger partial charge on any atom is 0.488 e. The maximum absolute atomic E-state index is 12.1. The molecule has 0 aliphatic carbocycles. The van der Waals surface area contributed by atoms with E-state index in [2.05, 4.69) is 23.6 Å². The Bertz CT molecular complexity index is 1090. The normalized spacial score (nSPS) is 29.0. The number of hydrogen-bond acceptors (Lipinski definition) is 12. The third-order valence-electron chi connectivity index (χ3n) is 3.85. The van der Waals surface area contributed by atoms with Gasteiger partial charge < -0.3 is 40.3 Å². The van der Waals surface area contributed by atoms with Crippen LogP contribution in [-0.4, -0.2) is 73.8 Å². The number of fused-ring (bicyclic) bond motifs is 1. The lowest BCUT2D eigenvalue weighted by atomic mass is 10.1. The Morgan fingerprint density at radius 3 is 2.37 bits per heavy atom. The number of anilines is 1. The van der Waals surface area contributed by atoms with Gasteiger partial charge in [0.25, 0.3) is 0 Å². The summed E-state index contributed by atoms with van der Waals surface area (Å²) in [7, 11) is -16.3. The quantitative estimate of drug-likeness (QED) is 0.216. The van der Waals surface area contributed by atoms with E-state index in [1.807, 2.05) is 0 Å². The molecule has 1 fully saturated rings. The van der Waals surface area contributed by atoms with Gasteiger partial charge in [-0.25, -0.2) is 28.4 Å². The third kappa shape index (κ3) is 5.11. The molecule has 1 aliphatic rings. The van der Waals surface area contributed by atoms with Crippen LogP contribution in [0.2, 0.25) is 0 Å². The van der Waals surface area contributed by atoms with Gasteiger partial charge in [-0.3, -0.25) is 9.13 Å². The summed E-state index contributed by atoms with van der Waals surface area (Å²) in [4.78, 5) is 47.7. The molecule has 1 saturated heterocycles. The molecule has 20 heteroatoms. The first kappa shape index (κ1) is 23.3. The lowest BCUT2D eigenvalue weighted by Crippen LogP contribution is -2.33. The van der Waals surface area contributed by atoms with Gasteiger partial charge in [0.1, 0.15) is 30.2 Å². The number of hydrogen-bond donors (Lipinski definition) is 7. The molecule has 168 valence electrons. The molecule has 2 aromatic rings. The highest BCUT2D eigenvalue weighted by Crippen LogP contribution is 2.66. The van der Waals surface area contributed by atoms with Gasteiger partial charge in [-0.05, 0) is 0 Å². The van der Waals surface area contributed by atoms with E-state index >= 15 is 0 Å². The average molecular weight is 491 g/mol. The van der Waals surface area contributed by atoms with E-state index in [1.165, 1.54) is 10.9 Å². The average Bonchev–Trinajstić information content (AvgIpc) is 3.09. The van der Waals surface area contributed by atoms with Gasteiger partial charge in [-0.1, -0.05) is 0 Å². The van der Waals surface area contributed by atoms with Crippen molar-refractivity contribution in [3.63, 3.8) is 0 Å². The van der Waals surface area contributed by atoms with E-state index in [-0.39, 0.29) is 17.0 Å². The van der Waals surface area contributed by atoms with Crippen molar-refractivity contribution in [2.45, 2.75) is 24.5 Å². The molecule has 17 nitrogen and oxygen atoms in total. The Kier molecular flexibility index (Phi) is 6.21. The molecule has 2 aromatic heterocycles. The Morgan fingerprint density at radius 1 is 1.07 bits per heavy atom.